The largest absolute Gasteiger partial charge is 0.350 e. The number of rotatable bonds is 4. The predicted molar refractivity (Wildman–Crippen MR) is 71.3 cm³/mol. The molecule has 1 aliphatic heterocycles. The SMILES string of the molecule is Cn1cc(C(N)C(=O)NC2CCN(C3CC3)C2)cn1. The van der Waals surface area contributed by atoms with Crippen molar-refractivity contribution in [2.24, 2.45) is 12.8 Å². The van der Waals surface area contributed by atoms with Crippen LogP contribution in [-0.4, -0.2) is 45.8 Å². The summed E-state index contributed by atoms with van der Waals surface area (Å²) >= 11 is 0. The number of likely N-dealkylation sites (tertiary alicyclic amines) is 1. The lowest BCUT2D eigenvalue weighted by molar-refractivity contribution is -0.123. The van der Waals surface area contributed by atoms with E-state index in [0.29, 0.717) is 0 Å². The van der Waals surface area contributed by atoms with Gasteiger partial charge in [0.15, 0.2) is 0 Å². The summed E-state index contributed by atoms with van der Waals surface area (Å²) in [5, 5.41) is 7.10. The summed E-state index contributed by atoms with van der Waals surface area (Å²) < 4.78 is 1.66. The number of amides is 1. The monoisotopic (exact) mass is 263 g/mol. The van der Waals surface area contributed by atoms with Crippen molar-refractivity contribution in [1.29, 1.82) is 0 Å². The Morgan fingerprint density at radius 3 is 2.95 bits per heavy atom. The Labute approximate surface area is 112 Å². The molecule has 1 saturated carbocycles. The lowest BCUT2D eigenvalue weighted by atomic mass is 10.1. The number of carbonyl (C=O) groups is 1. The maximum Gasteiger partial charge on any atom is 0.241 e. The Hall–Kier alpha value is -1.40. The second-order valence-corrected chi connectivity index (χ2v) is 5.65. The van der Waals surface area contributed by atoms with Crippen LogP contribution in [0.15, 0.2) is 12.4 Å². The molecule has 1 amide bonds. The minimum absolute atomic E-state index is 0.101. The van der Waals surface area contributed by atoms with Gasteiger partial charge in [-0.05, 0) is 19.3 Å². The van der Waals surface area contributed by atoms with Crippen LogP contribution in [0.1, 0.15) is 30.9 Å². The van der Waals surface area contributed by atoms with Crippen molar-refractivity contribution in [2.75, 3.05) is 13.1 Å². The van der Waals surface area contributed by atoms with Crippen LogP contribution < -0.4 is 11.1 Å². The molecule has 3 N–H and O–H groups in total. The third-order valence-electron chi connectivity index (χ3n) is 4.00. The molecule has 2 fully saturated rings. The molecule has 0 spiro atoms. The van der Waals surface area contributed by atoms with Crippen LogP contribution in [0.2, 0.25) is 0 Å². The first kappa shape index (κ1) is 12.6. The average molecular weight is 263 g/mol. The number of nitrogens with one attached hydrogen (secondary N) is 1. The summed E-state index contributed by atoms with van der Waals surface area (Å²) in [6.45, 7) is 2.06. The lowest BCUT2D eigenvalue weighted by Crippen LogP contribution is -2.42. The van der Waals surface area contributed by atoms with Crippen molar-refractivity contribution in [3.63, 3.8) is 0 Å². The van der Waals surface area contributed by atoms with Crippen LogP contribution in [0.25, 0.3) is 0 Å². The maximum absolute atomic E-state index is 12.1. The van der Waals surface area contributed by atoms with Crippen LogP contribution in [0.5, 0.6) is 0 Å². The van der Waals surface area contributed by atoms with Crippen molar-refractivity contribution in [3.8, 4) is 0 Å². The fourth-order valence-electron chi connectivity index (χ4n) is 2.72. The molecule has 19 heavy (non-hydrogen) atoms. The van der Waals surface area contributed by atoms with E-state index in [9.17, 15) is 4.79 Å². The number of hydrogen-bond acceptors (Lipinski definition) is 4. The molecule has 1 aromatic heterocycles. The molecule has 2 heterocycles. The number of nitrogens with two attached hydrogens (primary N) is 1. The number of aryl methyl sites for hydroxylation is 1. The van der Waals surface area contributed by atoms with Crippen LogP contribution >= 0.6 is 0 Å². The van der Waals surface area contributed by atoms with Gasteiger partial charge in [-0.3, -0.25) is 14.4 Å². The molecule has 1 aliphatic carbocycles. The molecule has 0 bridgehead atoms. The van der Waals surface area contributed by atoms with Crippen molar-refractivity contribution < 1.29 is 4.79 Å². The zero-order valence-corrected chi connectivity index (χ0v) is 11.2. The molecule has 0 radical (unpaired) electrons. The van der Waals surface area contributed by atoms with Crippen molar-refractivity contribution in [1.82, 2.24) is 20.0 Å². The molecule has 2 aliphatic rings. The highest BCUT2D eigenvalue weighted by molar-refractivity contribution is 5.83. The van der Waals surface area contributed by atoms with E-state index in [1.165, 1.54) is 12.8 Å². The van der Waals surface area contributed by atoms with Crippen LogP contribution in [0, 0.1) is 0 Å². The van der Waals surface area contributed by atoms with Gasteiger partial charge in [0.2, 0.25) is 5.91 Å². The van der Waals surface area contributed by atoms with Gasteiger partial charge in [0.25, 0.3) is 0 Å². The Morgan fingerprint density at radius 1 is 1.53 bits per heavy atom. The zero-order chi connectivity index (χ0) is 13.4. The lowest BCUT2D eigenvalue weighted by Gasteiger charge is -2.17. The number of carbonyl (C=O) groups excluding carboxylic acids is 1. The van der Waals surface area contributed by atoms with Gasteiger partial charge >= 0.3 is 0 Å². The fraction of sp³-hybridized carbons (Fsp3) is 0.692. The Bertz CT molecular complexity index is 467. The van der Waals surface area contributed by atoms with E-state index in [4.69, 9.17) is 5.73 Å². The first-order chi connectivity index (χ1) is 9.13. The standard InChI is InChI=1S/C13H21N5O/c1-17-7-9(6-15-17)12(14)13(19)16-10-4-5-18(8-10)11-2-3-11/h6-7,10-12H,2-5,8,14H2,1H3,(H,16,19). The number of nitrogens with zero attached hydrogens (tertiary/aromatic N) is 3. The molecule has 2 unspecified atom stereocenters. The predicted octanol–water partition coefficient (Wildman–Crippen LogP) is -0.227. The minimum Gasteiger partial charge on any atom is -0.350 e. The highest BCUT2D eigenvalue weighted by atomic mass is 16.2. The van der Waals surface area contributed by atoms with Gasteiger partial charge < -0.3 is 11.1 Å². The summed E-state index contributed by atoms with van der Waals surface area (Å²) in [5.41, 5.74) is 6.72. The molecule has 2 atom stereocenters. The van der Waals surface area contributed by atoms with Crippen LogP contribution in [0.3, 0.4) is 0 Å². The Balaban J connectivity index is 1.53. The van der Waals surface area contributed by atoms with E-state index in [0.717, 1.165) is 31.1 Å². The summed E-state index contributed by atoms with van der Waals surface area (Å²) in [6.07, 6.45) is 7.10. The molecule has 1 aromatic rings. The number of hydrogen-bond donors (Lipinski definition) is 2. The molecular weight excluding hydrogens is 242 g/mol. The van der Waals surface area contributed by atoms with Gasteiger partial charge in [-0.2, -0.15) is 5.10 Å². The fourth-order valence-corrected chi connectivity index (χ4v) is 2.72. The van der Waals surface area contributed by atoms with Gasteiger partial charge in [-0.1, -0.05) is 0 Å². The second-order valence-electron chi connectivity index (χ2n) is 5.65. The third-order valence-corrected chi connectivity index (χ3v) is 4.00. The first-order valence-corrected chi connectivity index (χ1v) is 6.92. The molecule has 3 rings (SSSR count). The smallest absolute Gasteiger partial charge is 0.241 e. The summed E-state index contributed by atoms with van der Waals surface area (Å²) in [5.74, 6) is -0.101. The molecular formula is C13H21N5O. The van der Waals surface area contributed by atoms with Gasteiger partial charge in [-0.15, -0.1) is 0 Å². The third kappa shape index (κ3) is 2.79. The topological polar surface area (TPSA) is 76.2 Å². The molecule has 1 saturated heterocycles. The highest BCUT2D eigenvalue weighted by Crippen LogP contribution is 2.29. The van der Waals surface area contributed by atoms with Gasteiger partial charge in [0.1, 0.15) is 6.04 Å². The molecule has 6 nitrogen and oxygen atoms in total. The van der Waals surface area contributed by atoms with E-state index >= 15 is 0 Å². The first-order valence-electron chi connectivity index (χ1n) is 6.92. The molecule has 0 aromatic carbocycles. The molecule has 6 heteroatoms. The van der Waals surface area contributed by atoms with Gasteiger partial charge in [-0.25, -0.2) is 0 Å². The van der Waals surface area contributed by atoms with Crippen molar-refractivity contribution in [2.45, 2.75) is 37.4 Å². The Kier molecular flexibility index (Phi) is 3.28. The number of aromatic nitrogens is 2. The van der Waals surface area contributed by atoms with Crippen molar-refractivity contribution in [3.05, 3.63) is 18.0 Å². The summed E-state index contributed by atoms with van der Waals surface area (Å²) in [4.78, 5) is 14.6. The van der Waals surface area contributed by atoms with Crippen LogP contribution in [0.4, 0.5) is 0 Å². The maximum atomic E-state index is 12.1. The van der Waals surface area contributed by atoms with Gasteiger partial charge in [0.05, 0.1) is 6.20 Å². The van der Waals surface area contributed by atoms with Crippen LogP contribution in [-0.2, 0) is 11.8 Å². The highest BCUT2D eigenvalue weighted by Gasteiger charge is 2.35. The van der Waals surface area contributed by atoms with E-state index in [-0.39, 0.29) is 11.9 Å². The van der Waals surface area contributed by atoms with Gasteiger partial charge in [0, 0.05) is 44.0 Å². The summed E-state index contributed by atoms with van der Waals surface area (Å²) in [6, 6.07) is 0.397. The van der Waals surface area contributed by atoms with E-state index in [2.05, 4.69) is 15.3 Å². The minimum atomic E-state index is -0.622. The quantitative estimate of drug-likeness (QED) is 0.787. The van der Waals surface area contributed by atoms with E-state index in [1.54, 1.807) is 17.1 Å². The second kappa shape index (κ2) is 4.94. The van der Waals surface area contributed by atoms with E-state index < -0.39 is 6.04 Å². The summed E-state index contributed by atoms with van der Waals surface area (Å²) in [7, 11) is 1.82. The average Bonchev–Trinajstić information content (AvgIpc) is 2.99. The molecule has 104 valence electrons. The Morgan fingerprint density at radius 2 is 2.32 bits per heavy atom. The zero-order valence-electron chi connectivity index (χ0n) is 11.2. The normalized spacial score (nSPS) is 25.5. The van der Waals surface area contributed by atoms with Crippen molar-refractivity contribution >= 4 is 5.91 Å². The van der Waals surface area contributed by atoms with E-state index in [1.807, 2.05) is 7.05 Å².